The summed E-state index contributed by atoms with van der Waals surface area (Å²) >= 11 is 0. The van der Waals surface area contributed by atoms with Crippen LogP contribution in [0.15, 0.2) is 12.2 Å². The summed E-state index contributed by atoms with van der Waals surface area (Å²) in [6.07, 6.45) is -16.6. The van der Waals surface area contributed by atoms with Gasteiger partial charge in [0.25, 0.3) is 0 Å². The van der Waals surface area contributed by atoms with E-state index in [0.29, 0.717) is 32.1 Å². The Morgan fingerprint density at radius 1 is 0.694 bits per heavy atom. The van der Waals surface area contributed by atoms with Crippen molar-refractivity contribution in [2.45, 2.75) is 183 Å². The van der Waals surface area contributed by atoms with Crippen molar-refractivity contribution in [1.29, 1.82) is 0 Å². The molecule has 26 atom stereocenters. The summed E-state index contributed by atoms with van der Waals surface area (Å²) in [7, 11) is 1.35. The van der Waals surface area contributed by atoms with Gasteiger partial charge in [0.1, 0.15) is 66.6 Å². The van der Waals surface area contributed by atoms with E-state index in [1.807, 2.05) is 46.8 Å². The molecule has 0 bridgehead atoms. The highest BCUT2D eigenvalue weighted by Crippen LogP contribution is 2.70. The fourth-order valence-corrected chi connectivity index (χ4v) is 12.9. The molecule has 4 aliphatic carbocycles. The van der Waals surface area contributed by atoms with Crippen LogP contribution in [0.2, 0.25) is 0 Å². The molecule has 0 amide bonds. The predicted molar refractivity (Wildman–Crippen MR) is 212 cm³/mol. The van der Waals surface area contributed by atoms with Crippen molar-refractivity contribution in [2.24, 2.45) is 46.3 Å². The summed E-state index contributed by atoms with van der Waals surface area (Å²) in [4.78, 5) is 0. The monoisotopic (exact) mass is 892 g/mol. The molecule has 0 spiro atoms. The Hall–Kier alpha value is -1.02. The third kappa shape index (κ3) is 8.25. The van der Waals surface area contributed by atoms with Gasteiger partial charge < -0.3 is 94.4 Å². The number of aliphatic hydroxyl groups excluding tert-OH is 11. The van der Waals surface area contributed by atoms with E-state index in [2.05, 4.69) is 0 Å². The summed E-state index contributed by atoms with van der Waals surface area (Å²) in [5.74, 6) is -2.82. The number of aliphatic hydroxyl groups is 12. The maximum Gasteiger partial charge on any atom is 0.190 e. The molecule has 4 saturated carbocycles. The van der Waals surface area contributed by atoms with Crippen molar-refractivity contribution in [2.75, 3.05) is 26.9 Å². The highest BCUT2D eigenvalue weighted by molar-refractivity contribution is 5.24. The van der Waals surface area contributed by atoms with Gasteiger partial charge in [0.2, 0.25) is 0 Å². The molecule has 3 saturated heterocycles. The van der Waals surface area contributed by atoms with Crippen LogP contribution in [0.25, 0.3) is 0 Å². The van der Waals surface area contributed by atoms with E-state index in [9.17, 15) is 61.3 Å². The quantitative estimate of drug-likeness (QED) is 0.0699. The normalized spacial score (nSPS) is 54.3. The van der Waals surface area contributed by atoms with Gasteiger partial charge in [0.15, 0.2) is 18.9 Å². The van der Waals surface area contributed by atoms with E-state index in [0.717, 1.165) is 0 Å². The lowest BCUT2D eigenvalue weighted by Crippen LogP contribution is -2.77. The molecule has 19 heteroatoms. The van der Waals surface area contributed by atoms with Crippen molar-refractivity contribution >= 4 is 0 Å². The second-order valence-electron chi connectivity index (χ2n) is 20.2. The average Bonchev–Trinajstić information content (AvgIpc) is 3.66. The van der Waals surface area contributed by atoms with Crippen LogP contribution in [-0.2, 0) is 33.2 Å². The van der Waals surface area contributed by atoms with Gasteiger partial charge in [-0.3, -0.25) is 0 Å². The maximum absolute atomic E-state index is 12.9. The lowest BCUT2D eigenvalue weighted by molar-refractivity contribution is -0.339. The Morgan fingerprint density at radius 2 is 1.34 bits per heavy atom. The third-order valence-corrected chi connectivity index (χ3v) is 16.3. The van der Waals surface area contributed by atoms with Gasteiger partial charge in [0, 0.05) is 18.9 Å². The van der Waals surface area contributed by atoms with Crippen molar-refractivity contribution < 1.29 is 94.4 Å². The zero-order valence-corrected chi connectivity index (χ0v) is 36.4. The van der Waals surface area contributed by atoms with Crippen molar-refractivity contribution in [3.05, 3.63) is 12.2 Å². The number of ether oxygens (including phenoxy) is 7. The SMILES string of the molecule is CO[C@H]1C(O)[C@H](O)CO[C@H]1O[C@H]1CC[C@@]2(C)[C@H]([C@H]1O)[C@@H](O)[C@@H](O)[C@]1(O)[C@@H]2CC[C@]2(C)[C@@H]([C@H](C)/C=C/[C@H](O[C@@H]3O[C@@H](OC[C@@H]4OC[C@@H](O)C(O)[C@@H]4O)[C@@H](O)C3O)C(C)C)C[C@@H](O)[C@H]21. The van der Waals surface area contributed by atoms with E-state index in [-0.39, 0.29) is 37.6 Å². The first-order valence-corrected chi connectivity index (χ1v) is 22.3. The van der Waals surface area contributed by atoms with Crippen molar-refractivity contribution in [3.63, 3.8) is 0 Å². The average molecular weight is 893 g/mol. The van der Waals surface area contributed by atoms with Crippen LogP contribution in [0.4, 0.5) is 0 Å². The lowest BCUT2D eigenvalue weighted by atomic mass is 9.40. The molecule has 3 unspecified atom stereocenters. The van der Waals surface area contributed by atoms with Gasteiger partial charge in [0.05, 0.1) is 50.3 Å². The van der Waals surface area contributed by atoms with Gasteiger partial charge in [-0.15, -0.1) is 0 Å². The summed E-state index contributed by atoms with van der Waals surface area (Å²) in [6.45, 7) is 9.04. The minimum Gasteiger partial charge on any atom is -0.393 e. The zero-order valence-electron chi connectivity index (χ0n) is 36.4. The minimum atomic E-state index is -1.90. The lowest BCUT2D eigenvalue weighted by Gasteiger charge is -2.68. The highest BCUT2D eigenvalue weighted by Gasteiger charge is 2.75. The number of allylic oxidation sites excluding steroid dienone is 1. The second kappa shape index (κ2) is 18.6. The van der Waals surface area contributed by atoms with E-state index >= 15 is 0 Å². The van der Waals surface area contributed by atoms with Crippen molar-refractivity contribution in [1.82, 2.24) is 0 Å². The number of rotatable bonds is 12. The summed E-state index contributed by atoms with van der Waals surface area (Å²) in [5.41, 5.74) is -3.46. The summed E-state index contributed by atoms with van der Waals surface area (Å²) in [6, 6.07) is 0. The molecule has 7 fully saturated rings. The van der Waals surface area contributed by atoms with Gasteiger partial charge in [-0.1, -0.05) is 46.8 Å². The standard InChI is InChI=1S/C43H72O19/c1-17(2)23(60-39-34(53)33(52)38(62-39)59-16-25-31(50)28(47)21(45)14-57-25)8-7-18(3)19-13-20(44)36-41(19,4)12-10-26-42(5)11-9-24(30(49)27(42)32(51)37(54)43(26,36)55)61-40-35(56-6)29(48)22(46)15-58-40/h7-8,17-40,44-55H,9-16H2,1-6H3/b8-7+/t18-,19-,20-,21-,22-,23+,24+,25+,26-,27-,28?,29?,30+,31-,32-,33+,34?,35+,36-,37-,38-,39-,40+,41-,42-,43+/m1/s1. The summed E-state index contributed by atoms with van der Waals surface area (Å²) in [5, 5.41) is 133. The topological polar surface area (TPSA) is 307 Å². The van der Waals surface area contributed by atoms with Crippen LogP contribution in [-0.4, -0.2) is 204 Å². The molecular formula is C43H72O19. The first-order valence-electron chi connectivity index (χ1n) is 22.3. The maximum atomic E-state index is 12.9. The smallest absolute Gasteiger partial charge is 0.190 e. The predicted octanol–water partition coefficient (Wildman–Crippen LogP) is -2.74. The number of hydrogen-bond donors (Lipinski definition) is 12. The first-order chi connectivity index (χ1) is 29.1. The molecule has 358 valence electrons. The molecule has 3 heterocycles. The van der Waals surface area contributed by atoms with Crippen LogP contribution >= 0.6 is 0 Å². The fraction of sp³-hybridized carbons (Fsp3) is 0.953. The number of hydrogen-bond acceptors (Lipinski definition) is 19. The van der Waals surface area contributed by atoms with Crippen LogP contribution in [0.5, 0.6) is 0 Å². The van der Waals surface area contributed by atoms with E-state index in [4.69, 9.17) is 33.2 Å². The Bertz CT molecular complexity index is 1540. The molecule has 19 nitrogen and oxygen atoms in total. The molecule has 0 aromatic rings. The number of methoxy groups -OCH3 is 1. The van der Waals surface area contributed by atoms with Crippen LogP contribution < -0.4 is 0 Å². The first kappa shape index (κ1) is 48.9. The van der Waals surface area contributed by atoms with E-state index in [1.165, 1.54) is 7.11 Å². The largest absolute Gasteiger partial charge is 0.393 e. The Kier molecular flexibility index (Phi) is 14.7. The van der Waals surface area contributed by atoms with Crippen LogP contribution in [0.3, 0.4) is 0 Å². The molecule has 3 aliphatic heterocycles. The summed E-state index contributed by atoms with van der Waals surface area (Å²) < 4.78 is 40.0. The van der Waals surface area contributed by atoms with Gasteiger partial charge >= 0.3 is 0 Å². The van der Waals surface area contributed by atoms with Gasteiger partial charge in [-0.05, 0) is 66.6 Å². The third-order valence-electron chi connectivity index (χ3n) is 16.3. The molecule has 7 aliphatic rings. The van der Waals surface area contributed by atoms with Crippen LogP contribution in [0.1, 0.15) is 66.7 Å². The zero-order chi connectivity index (χ0) is 45.4. The number of fused-ring (bicyclic) bond motifs is 5. The van der Waals surface area contributed by atoms with Crippen molar-refractivity contribution in [3.8, 4) is 0 Å². The van der Waals surface area contributed by atoms with Gasteiger partial charge in [-0.2, -0.15) is 0 Å². The molecule has 62 heavy (non-hydrogen) atoms. The Balaban J connectivity index is 1.02. The van der Waals surface area contributed by atoms with Crippen LogP contribution in [0, 0.1) is 46.3 Å². The van der Waals surface area contributed by atoms with Gasteiger partial charge in [-0.25, -0.2) is 0 Å². The minimum absolute atomic E-state index is 0.127. The molecule has 7 rings (SSSR count). The fourth-order valence-electron chi connectivity index (χ4n) is 12.9. The Labute approximate surface area is 362 Å². The molecule has 0 radical (unpaired) electrons. The second-order valence-corrected chi connectivity index (χ2v) is 20.2. The van der Waals surface area contributed by atoms with E-state index < -0.39 is 145 Å². The van der Waals surface area contributed by atoms with E-state index in [1.54, 1.807) is 0 Å². The molecule has 0 aromatic carbocycles. The molecular weight excluding hydrogens is 820 g/mol. The molecule has 0 aromatic heterocycles. The molecule has 12 N–H and O–H groups in total. The Morgan fingerprint density at radius 3 is 2.02 bits per heavy atom. The highest BCUT2D eigenvalue weighted by atomic mass is 16.8.